The lowest BCUT2D eigenvalue weighted by Crippen LogP contribution is -2.34. The molecule has 1 aromatic heterocycles. The molecule has 20 heavy (non-hydrogen) atoms. The fourth-order valence-electron chi connectivity index (χ4n) is 2.73. The van der Waals surface area contributed by atoms with Crippen LogP contribution in [-0.2, 0) is 30.7 Å². The molecule has 0 aliphatic carbocycles. The van der Waals surface area contributed by atoms with Crippen molar-refractivity contribution in [2.45, 2.75) is 32.9 Å². The number of carbonyl (C=O) groups excluding carboxylic acids is 1. The Morgan fingerprint density at radius 3 is 2.85 bits per heavy atom. The van der Waals surface area contributed by atoms with Gasteiger partial charge >= 0.3 is 0 Å². The molecular formula is C16H19N3O. The van der Waals surface area contributed by atoms with Crippen LogP contribution in [0, 0.1) is 0 Å². The SMILES string of the molecule is CC(=O)N1CCc2c(ncn2CCc2ccccc2)C1. The van der Waals surface area contributed by atoms with Crippen LogP contribution in [0.3, 0.4) is 0 Å². The highest BCUT2D eigenvalue weighted by molar-refractivity contribution is 5.73. The van der Waals surface area contributed by atoms with Crippen LogP contribution in [0.15, 0.2) is 36.7 Å². The molecule has 1 aliphatic rings. The molecule has 4 heteroatoms. The molecule has 0 bridgehead atoms. The second kappa shape index (κ2) is 5.49. The lowest BCUT2D eigenvalue weighted by molar-refractivity contribution is -0.129. The van der Waals surface area contributed by atoms with Crippen molar-refractivity contribution in [2.24, 2.45) is 0 Å². The molecule has 2 aromatic rings. The van der Waals surface area contributed by atoms with Gasteiger partial charge in [0.15, 0.2) is 0 Å². The average molecular weight is 269 g/mol. The van der Waals surface area contributed by atoms with Gasteiger partial charge in [-0.1, -0.05) is 30.3 Å². The first-order valence-corrected chi connectivity index (χ1v) is 7.06. The number of aryl methyl sites for hydroxylation is 2. The van der Waals surface area contributed by atoms with E-state index < -0.39 is 0 Å². The first-order valence-electron chi connectivity index (χ1n) is 7.06. The third kappa shape index (κ3) is 2.59. The lowest BCUT2D eigenvalue weighted by atomic mass is 10.1. The summed E-state index contributed by atoms with van der Waals surface area (Å²) in [5.41, 5.74) is 3.69. The second-order valence-corrected chi connectivity index (χ2v) is 5.26. The van der Waals surface area contributed by atoms with Crippen LogP contribution in [0.4, 0.5) is 0 Å². The predicted molar refractivity (Wildman–Crippen MR) is 77.2 cm³/mol. The summed E-state index contributed by atoms with van der Waals surface area (Å²) >= 11 is 0. The quantitative estimate of drug-likeness (QED) is 0.855. The van der Waals surface area contributed by atoms with E-state index in [0.717, 1.165) is 31.6 Å². The summed E-state index contributed by atoms with van der Waals surface area (Å²) in [5, 5.41) is 0. The molecule has 0 atom stereocenters. The maximum atomic E-state index is 11.4. The van der Waals surface area contributed by atoms with E-state index in [1.807, 2.05) is 17.3 Å². The maximum Gasteiger partial charge on any atom is 0.219 e. The highest BCUT2D eigenvalue weighted by Crippen LogP contribution is 2.18. The van der Waals surface area contributed by atoms with E-state index in [0.29, 0.717) is 6.54 Å². The Kier molecular flexibility index (Phi) is 3.54. The Morgan fingerprint density at radius 2 is 2.10 bits per heavy atom. The fraction of sp³-hybridized carbons (Fsp3) is 0.375. The molecule has 104 valence electrons. The van der Waals surface area contributed by atoms with E-state index in [4.69, 9.17) is 0 Å². The van der Waals surface area contributed by atoms with Crippen molar-refractivity contribution in [1.29, 1.82) is 0 Å². The standard InChI is InChI=1S/C16H19N3O/c1-13(20)18-10-8-16-15(11-18)17-12-19(16)9-7-14-5-3-2-4-6-14/h2-6,12H,7-11H2,1H3. The van der Waals surface area contributed by atoms with Crippen molar-refractivity contribution >= 4 is 5.91 Å². The molecule has 3 rings (SSSR count). The summed E-state index contributed by atoms with van der Waals surface area (Å²) in [5.74, 6) is 0.134. The largest absolute Gasteiger partial charge is 0.337 e. The smallest absolute Gasteiger partial charge is 0.219 e. The van der Waals surface area contributed by atoms with Gasteiger partial charge in [0.25, 0.3) is 0 Å². The summed E-state index contributed by atoms with van der Waals surface area (Å²) in [7, 11) is 0. The van der Waals surface area contributed by atoms with Crippen LogP contribution in [-0.4, -0.2) is 26.9 Å². The average Bonchev–Trinajstić information content (AvgIpc) is 2.88. The minimum Gasteiger partial charge on any atom is -0.337 e. The van der Waals surface area contributed by atoms with Crippen LogP contribution in [0.25, 0.3) is 0 Å². The van der Waals surface area contributed by atoms with Crippen LogP contribution < -0.4 is 0 Å². The van der Waals surface area contributed by atoms with Crippen molar-refractivity contribution < 1.29 is 4.79 Å². The number of benzene rings is 1. The van der Waals surface area contributed by atoms with Crippen molar-refractivity contribution in [3.63, 3.8) is 0 Å². The number of aromatic nitrogens is 2. The molecule has 0 unspecified atom stereocenters. The van der Waals surface area contributed by atoms with E-state index in [2.05, 4.69) is 33.8 Å². The van der Waals surface area contributed by atoms with Crippen molar-refractivity contribution in [2.75, 3.05) is 6.54 Å². The summed E-state index contributed by atoms with van der Waals surface area (Å²) in [4.78, 5) is 17.7. The molecule has 0 saturated heterocycles. The van der Waals surface area contributed by atoms with E-state index in [1.165, 1.54) is 11.3 Å². The number of rotatable bonds is 3. The van der Waals surface area contributed by atoms with E-state index >= 15 is 0 Å². The van der Waals surface area contributed by atoms with Crippen molar-refractivity contribution in [1.82, 2.24) is 14.5 Å². The topological polar surface area (TPSA) is 38.1 Å². The fourth-order valence-corrected chi connectivity index (χ4v) is 2.73. The maximum absolute atomic E-state index is 11.4. The number of amides is 1. The molecule has 1 aromatic carbocycles. The normalized spacial score (nSPS) is 14.2. The summed E-state index contributed by atoms with van der Waals surface area (Å²) in [6.45, 7) is 4.03. The van der Waals surface area contributed by atoms with Gasteiger partial charge in [-0.05, 0) is 12.0 Å². The molecule has 4 nitrogen and oxygen atoms in total. The zero-order chi connectivity index (χ0) is 13.9. The molecule has 0 fully saturated rings. The van der Waals surface area contributed by atoms with Crippen LogP contribution >= 0.6 is 0 Å². The summed E-state index contributed by atoms with van der Waals surface area (Å²) in [6.07, 6.45) is 3.83. The number of fused-ring (bicyclic) bond motifs is 1. The Labute approximate surface area is 119 Å². The van der Waals surface area contributed by atoms with Crippen molar-refractivity contribution in [3.05, 3.63) is 53.6 Å². The molecule has 0 N–H and O–H groups in total. The van der Waals surface area contributed by atoms with Gasteiger partial charge in [-0.15, -0.1) is 0 Å². The van der Waals surface area contributed by atoms with Crippen LogP contribution in [0.5, 0.6) is 0 Å². The minimum absolute atomic E-state index is 0.134. The molecule has 0 spiro atoms. The first kappa shape index (κ1) is 12.9. The van der Waals surface area contributed by atoms with Gasteiger partial charge in [-0.3, -0.25) is 4.79 Å². The van der Waals surface area contributed by atoms with Gasteiger partial charge in [-0.2, -0.15) is 0 Å². The Balaban J connectivity index is 1.69. The zero-order valence-electron chi connectivity index (χ0n) is 11.7. The van der Waals surface area contributed by atoms with Crippen LogP contribution in [0.2, 0.25) is 0 Å². The number of hydrogen-bond donors (Lipinski definition) is 0. The molecule has 0 saturated carbocycles. The number of nitrogens with zero attached hydrogens (tertiary/aromatic N) is 3. The summed E-state index contributed by atoms with van der Waals surface area (Å²) in [6, 6.07) is 10.5. The van der Waals surface area contributed by atoms with Gasteiger partial charge in [0.1, 0.15) is 0 Å². The Morgan fingerprint density at radius 1 is 1.30 bits per heavy atom. The zero-order valence-corrected chi connectivity index (χ0v) is 11.7. The van der Waals surface area contributed by atoms with Gasteiger partial charge in [0.05, 0.1) is 18.6 Å². The van der Waals surface area contributed by atoms with Crippen LogP contribution in [0.1, 0.15) is 23.9 Å². The third-order valence-corrected chi connectivity index (χ3v) is 3.92. The van der Waals surface area contributed by atoms with Gasteiger partial charge in [-0.25, -0.2) is 4.98 Å². The third-order valence-electron chi connectivity index (χ3n) is 3.92. The Hall–Kier alpha value is -2.10. The van der Waals surface area contributed by atoms with Gasteiger partial charge in [0.2, 0.25) is 5.91 Å². The number of hydrogen-bond acceptors (Lipinski definition) is 2. The van der Waals surface area contributed by atoms with Gasteiger partial charge < -0.3 is 9.47 Å². The highest BCUT2D eigenvalue weighted by Gasteiger charge is 2.21. The predicted octanol–water partition coefficient (Wildman–Crippen LogP) is 2.03. The molecule has 1 aliphatic heterocycles. The molecule has 2 heterocycles. The summed E-state index contributed by atoms with van der Waals surface area (Å²) < 4.78 is 2.24. The minimum atomic E-state index is 0.134. The number of carbonyl (C=O) groups is 1. The molecule has 1 amide bonds. The van der Waals surface area contributed by atoms with E-state index in [9.17, 15) is 4.79 Å². The van der Waals surface area contributed by atoms with E-state index in [1.54, 1.807) is 6.92 Å². The van der Waals surface area contributed by atoms with Gasteiger partial charge in [0, 0.05) is 32.1 Å². The second-order valence-electron chi connectivity index (χ2n) is 5.26. The van der Waals surface area contributed by atoms with Crippen molar-refractivity contribution in [3.8, 4) is 0 Å². The molecular weight excluding hydrogens is 250 g/mol. The monoisotopic (exact) mass is 269 g/mol. The highest BCUT2D eigenvalue weighted by atomic mass is 16.2. The van der Waals surface area contributed by atoms with E-state index in [-0.39, 0.29) is 5.91 Å². The lowest BCUT2D eigenvalue weighted by Gasteiger charge is -2.26. The molecule has 0 radical (unpaired) electrons. The Bertz CT molecular complexity index is 603. The first-order chi connectivity index (χ1) is 9.74. The number of imidazole rings is 1.